The second-order valence-electron chi connectivity index (χ2n) is 4.06. The van der Waals surface area contributed by atoms with E-state index in [4.69, 9.17) is 4.74 Å². The van der Waals surface area contributed by atoms with Gasteiger partial charge in [0.15, 0.2) is 0 Å². The van der Waals surface area contributed by atoms with Crippen LogP contribution in [0.5, 0.6) is 5.88 Å². The zero-order chi connectivity index (χ0) is 12.1. The summed E-state index contributed by atoms with van der Waals surface area (Å²) < 4.78 is 5.87. The summed E-state index contributed by atoms with van der Waals surface area (Å²) in [6.45, 7) is 1.91. The molecule has 1 aromatic heterocycles. The van der Waals surface area contributed by atoms with E-state index in [1.165, 1.54) is 12.8 Å². The predicted molar refractivity (Wildman–Crippen MR) is 70.4 cm³/mol. The van der Waals surface area contributed by atoms with Crippen molar-refractivity contribution in [2.24, 2.45) is 0 Å². The number of anilines is 1. The summed E-state index contributed by atoms with van der Waals surface area (Å²) >= 11 is 3.32. The molecule has 5 nitrogen and oxygen atoms in total. The number of rotatable bonds is 7. The number of hydrogen-bond donors (Lipinski definition) is 2. The van der Waals surface area contributed by atoms with Crippen LogP contribution in [0.3, 0.4) is 0 Å². The summed E-state index contributed by atoms with van der Waals surface area (Å²) in [5.74, 6) is 1.16. The molecule has 94 valence electrons. The maximum atomic E-state index is 5.10. The Morgan fingerprint density at radius 2 is 2.29 bits per heavy atom. The Morgan fingerprint density at radius 1 is 1.47 bits per heavy atom. The highest BCUT2D eigenvalue weighted by Gasteiger charge is 2.19. The zero-order valence-electron chi connectivity index (χ0n) is 9.87. The smallest absolute Gasteiger partial charge is 0.232 e. The van der Waals surface area contributed by atoms with Gasteiger partial charge in [-0.1, -0.05) is 0 Å². The van der Waals surface area contributed by atoms with Crippen molar-refractivity contribution < 1.29 is 4.74 Å². The molecule has 0 aromatic carbocycles. The normalized spacial score (nSPS) is 14.7. The largest absolute Gasteiger partial charge is 0.480 e. The van der Waals surface area contributed by atoms with Gasteiger partial charge in [0.2, 0.25) is 11.8 Å². The minimum absolute atomic E-state index is 0.554. The van der Waals surface area contributed by atoms with Gasteiger partial charge in [-0.15, -0.1) is 0 Å². The molecule has 0 spiro atoms. The third-order valence-electron chi connectivity index (χ3n) is 2.55. The lowest BCUT2D eigenvalue weighted by atomic mass is 10.4. The maximum Gasteiger partial charge on any atom is 0.232 e. The molecular weight excluding hydrogens is 284 g/mol. The van der Waals surface area contributed by atoms with Crippen molar-refractivity contribution in [1.82, 2.24) is 15.3 Å². The Morgan fingerprint density at radius 3 is 3.00 bits per heavy atom. The molecule has 1 fully saturated rings. The first-order valence-electron chi connectivity index (χ1n) is 5.83. The van der Waals surface area contributed by atoms with Gasteiger partial charge in [-0.3, -0.25) is 0 Å². The Hall–Kier alpha value is -0.880. The van der Waals surface area contributed by atoms with Gasteiger partial charge in [-0.2, -0.15) is 4.98 Å². The molecule has 0 radical (unpaired) electrons. The van der Waals surface area contributed by atoms with Crippen molar-refractivity contribution in [3.05, 3.63) is 10.7 Å². The fraction of sp³-hybridized carbons (Fsp3) is 0.636. The van der Waals surface area contributed by atoms with Gasteiger partial charge in [0.1, 0.15) is 0 Å². The van der Waals surface area contributed by atoms with Crippen molar-refractivity contribution in [3.8, 4) is 5.88 Å². The molecule has 1 aromatic rings. The minimum Gasteiger partial charge on any atom is -0.480 e. The third kappa shape index (κ3) is 4.12. The van der Waals surface area contributed by atoms with Gasteiger partial charge >= 0.3 is 0 Å². The second-order valence-corrected chi connectivity index (χ2v) is 4.91. The highest BCUT2D eigenvalue weighted by atomic mass is 79.9. The van der Waals surface area contributed by atoms with Crippen LogP contribution in [0.2, 0.25) is 0 Å². The lowest BCUT2D eigenvalue weighted by Gasteiger charge is -2.07. The fourth-order valence-electron chi connectivity index (χ4n) is 1.46. The summed E-state index contributed by atoms with van der Waals surface area (Å²) in [4.78, 5) is 8.39. The van der Waals surface area contributed by atoms with Gasteiger partial charge in [0, 0.05) is 12.6 Å². The van der Waals surface area contributed by atoms with E-state index in [1.807, 2.05) is 0 Å². The van der Waals surface area contributed by atoms with E-state index < -0.39 is 0 Å². The first-order chi connectivity index (χ1) is 8.29. The lowest BCUT2D eigenvalue weighted by Crippen LogP contribution is -2.20. The van der Waals surface area contributed by atoms with E-state index in [2.05, 4.69) is 36.5 Å². The molecular formula is C11H17BrN4O. The highest BCUT2D eigenvalue weighted by molar-refractivity contribution is 9.10. The molecule has 1 saturated carbocycles. The predicted octanol–water partition coefficient (Wildman–Crippen LogP) is 1.80. The topological polar surface area (TPSA) is 59.1 Å². The summed E-state index contributed by atoms with van der Waals surface area (Å²) in [6.07, 6.45) is 5.43. The molecule has 0 saturated heterocycles. The molecule has 2 rings (SSSR count). The Kier molecular flexibility index (Phi) is 4.56. The van der Waals surface area contributed by atoms with Gasteiger partial charge in [-0.05, 0) is 41.7 Å². The highest BCUT2D eigenvalue weighted by Crippen LogP contribution is 2.21. The quantitative estimate of drug-likeness (QED) is 0.752. The van der Waals surface area contributed by atoms with E-state index in [0.29, 0.717) is 11.8 Å². The Balaban J connectivity index is 1.70. The Bertz CT molecular complexity index is 370. The third-order valence-corrected chi connectivity index (χ3v) is 3.10. The van der Waals surface area contributed by atoms with Gasteiger partial charge in [0.25, 0.3) is 0 Å². The molecule has 0 amide bonds. The second kappa shape index (κ2) is 6.16. The average Bonchev–Trinajstić information content (AvgIpc) is 3.15. The molecule has 0 atom stereocenters. The molecule has 1 aliphatic rings. The van der Waals surface area contributed by atoms with Crippen LogP contribution in [0.1, 0.15) is 19.3 Å². The molecule has 1 heterocycles. The average molecular weight is 301 g/mol. The van der Waals surface area contributed by atoms with E-state index in [1.54, 1.807) is 13.3 Å². The van der Waals surface area contributed by atoms with Gasteiger partial charge in [-0.25, -0.2) is 4.98 Å². The van der Waals surface area contributed by atoms with Crippen molar-refractivity contribution in [2.75, 3.05) is 25.5 Å². The molecule has 1 aliphatic carbocycles. The van der Waals surface area contributed by atoms with E-state index in [9.17, 15) is 0 Å². The van der Waals surface area contributed by atoms with Crippen molar-refractivity contribution in [2.45, 2.75) is 25.3 Å². The van der Waals surface area contributed by atoms with Crippen LogP contribution >= 0.6 is 15.9 Å². The van der Waals surface area contributed by atoms with Gasteiger partial charge in [0.05, 0.1) is 17.8 Å². The summed E-state index contributed by atoms with van der Waals surface area (Å²) in [5.41, 5.74) is 0. The van der Waals surface area contributed by atoms with Crippen molar-refractivity contribution in [3.63, 3.8) is 0 Å². The monoisotopic (exact) mass is 300 g/mol. The van der Waals surface area contributed by atoms with Crippen LogP contribution in [-0.2, 0) is 0 Å². The zero-order valence-corrected chi connectivity index (χ0v) is 11.5. The minimum atomic E-state index is 0.554. The van der Waals surface area contributed by atoms with Crippen LogP contribution in [0, 0.1) is 0 Å². The summed E-state index contributed by atoms with van der Waals surface area (Å²) in [5, 5.41) is 6.64. The first kappa shape index (κ1) is 12.6. The molecule has 17 heavy (non-hydrogen) atoms. The first-order valence-corrected chi connectivity index (χ1v) is 6.62. The standard InChI is InChI=1S/C11H17BrN4O/c1-17-10-9(12)7-15-11(16-10)14-6-2-5-13-8-3-4-8/h7-8,13H,2-6H2,1H3,(H,14,15,16). The van der Waals surface area contributed by atoms with Crippen LogP contribution in [0.25, 0.3) is 0 Å². The van der Waals surface area contributed by atoms with E-state index >= 15 is 0 Å². The van der Waals surface area contributed by atoms with E-state index in [0.717, 1.165) is 30.0 Å². The summed E-state index contributed by atoms with van der Waals surface area (Å²) in [6, 6.07) is 0.777. The van der Waals surface area contributed by atoms with Crippen LogP contribution in [0.15, 0.2) is 10.7 Å². The molecule has 0 bridgehead atoms. The SMILES string of the molecule is COc1nc(NCCCNC2CC2)ncc1Br. The molecule has 2 N–H and O–H groups in total. The van der Waals surface area contributed by atoms with Crippen LogP contribution < -0.4 is 15.4 Å². The number of hydrogen-bond acceptors (Lipinski definition) is 5. The number of nitrogens with one attached hydrogen (secondary N) is 2. The van der Waals surface area contributed by atoms with Crippen molar-refractivity contribution >= 4 is 21.9 Å². The van der Waals surface area contributed by atoms with Gasteiger partial charge < -0.3 is 15.4 Å². The maximum absolute atomic E-state index is 5.10. The van der Waals surface area contributed by atoms with Crippen LogP contribution in [-0.4, -0.2) is 36.2 Å². The number of nitrogens with zero attached hydrogens (tertiary/aromatic N) is 2. The van der Waals surface area contributed by atoms with E-state index in [-0.39, 0.29) is 0 Å². The summed E-state index contributed by atoms with van der Waals surface area (Å²) in [7, 11) is 1.59. The number of halogens is 1. The Labute approximate surface area is 110 Å². The van der Waals surface area contributed by atoms with Crippen LogP contribution in [0.4, 0.5) is 5.95 Å². The number of methoxy groups -OCH3 is 1. The van der Waals surface area contributed by atoms with Crippen molar-refractivity contribution in [1.29, 1.82) is 0 Å². The number of ether oxygens (including phenoxy) is 1. The molecule has 0 aliphatic heterocycles. The number of aromatic nitrogens is 2. The lowest BCUT2D eigenvalue weighted by molar-refractivity contribution is 0.394. The molecule has 0 unspecified atom stereocenters. The fourth-order valence-corrected chi connectivity index (χ4v) is 1.81. The molecule has 6 heteroatoms.